The van der Waals surface area contributed by atoms with Crippen LogP contribution in [0.2, 0.25) is 0 Å². The maximum atomic E-state index is 15.6. The average Bonchev–Trinajstić information content (AvgIpc) is 3.20. The Bertz CT molecular complexity index is 1850. The Kier molecular flexibility index (Phi) is 5.72. The molecule has 3 heterocycles. The van der Waals surface area contributed by atoms with Gasteiger partial charge in [-0.3, -0.25) is 4.57 Å². The van der Waals surface area contributed by atoms with E-state index in [1.54, 1.807) is 30.5 Å². The molecule has 0 bridgehead atoms. The van der Waals surface area contributed by atoms with Gasteiger partial charge in [0.25, 0.3) is 0 Å². The molecule has 38 heavy (non-hydrogen) atoms. The number of aryl methyl sites for hydroxylation is 1. The summed E-state index contributed by atoms with van der Waals surface area (Å²) in [7, 11) is 1.51. The van der Waals surface area contributed by atoms with Crippen LogP contribution in [0.5, 0.6) is 17.4 Å². The number of pyridine rings is 2. The first kappa shape index (κ1) is 23.5. The third kappa shape index (κ3) is 4.20. The van der Waals surface area contributed by atoms with Crippen LogP contribution in [0.25, 0.3) is 38.8 Å². The highest BCUT2D eigenvalue weighted by molar-refractivity contribution is 6.10. The smallest absolute Gasteiger partial charge is 0.222 e. The van der Waals surface area contributed by atoms with Crippen molar-refractivity contribution >= 4 is 21.8 Å². The summed E-state index contributed by atoms with van der Waals surface area (Å²) < 4.78 is 57.3. The number of aromatic nitrogens is 3. The second-order valence-electron chi connectivity index (χ2n) is 8.85. The minimum atomic E-state index is -0.608. The van der Waals surface area contributed by atoms with E-state index in [1.165, 1.54) is 49.7 Å². The van der Waals surface area contributed by atoms with E-state index in [0.29, 0.717) is 33.4 Å². The Balaban J connectivity index is 1.54. The summed E-state index contributed by atoms with van der Waals surface area (Å²) in [5.74, 6) is -0.167. The maximum absolute atomic E-state index is 15.6. The molecule has 3 aromatic heterocycles. The fourth-order valence-electron chi connectivity index (χ4n) is 4.59. The predicted molar refractivity (Wildman–Crippen MR) is 139 cm³/mol. The van der Waals surface area contributed by atoms with E-state index in [-0.39, 0.29) is 22.8 Å². The standard InChI is InChI=1S/C30H20F3N3O2/c1-17-5-7-34-29(9-17)36-27-4-3-19(31)13-24(27)25-15-26(33)23(16-28(25)36)18-10-20(32)12-22(11-18)38-30-14-21(37-2)6-8-35-30/h3-16H,1-2H3. The second-order valence-corrected chi connectivity index (χ2v) is 8.85. The van der Waals surface area contributed by atoms with Gasteiger partial charge in [-0.2, -0.15) is 0 Å². The van der Waals surface area contributed by atoms with Gasteiger partial charge < -0.3 is 9.47 Å². The molecule has 0 unspecified atom stereocenters. The van der Waals surface area contributed by atoms with E-state index in [0.717, 1.165) is 5.56 Å². The van der Waals surface area contributed by atoms with Crippen molar-refractivity contribution in [3.8, 4) is 34.3 Å². The van der Waals surface area contributed by atoms with Crippen LogP contribution in [0, 0.1) is 24.4 Å². The van der Waals surface area contributed by atoms with Crippen LogP contribution in [-0.2, 0) is 0 Å². The number of nitrogens with zero attached hydrogens (tertiary/aromatic N) is 3. The van der Waals surface area contributed by atoms with Crippen molar-refractivity contribution in [2.24, 2.45) is 0 Å². The second kappa shape index (κ2) is 9.23. The van der Waals surface area contributed by atoms with Gasteiger partial charge in [-0.15, -0.1) is 0 Å². The first-order valence-corrected chi connectivity index (χ1v) is 11.7. The highest BCUT2D eigenvalue weighted by Gasteiger charge is 2.19. The molecule has 8 heteroatoms. The van der Waals surface area contributed by atoms with E-state index < -0.39 is 17.5 Å². The number of methoxy groups -OCH3 is 1. The molecule has 0 aliphatic carbocycles. The van der Waals surface area contributed by atoms with Crippen molar-refractivity contribution in [3.05, 3.63) is 108 Å². The minimum Gasteiger partial charge on any atom is -0.497 e. The van der Waals surface area contributed by atoms with Crippen LogP contribution in [0.15, 0.2) is 85.2 Å². The Morgan fingerprint density at radius 3 is 2.34 bits per heavy atom. The Morgan fingerprint density at radius 1 is 0.711 bits per heavy atom. The van der Waals surface area contributed by atoms with Crippen molar-refractivity contribution in [2.75, 3.05) is 7.11 Å². The van der Waals surface area contributed by atoms with Gasteiger partial charge in [0.2, 0.25) is 5.88 Å². The van der Waals surface area contributed by atoms with Crippen molar-refractivity contribution in [1.29, 1.82) is 0 Å². The molecule has 5 nitrogen and oxygen atoms in total. The summed E-state index contributed by atoms with van der Waals surface area (Å²) in [6, 6.07) is 18.3. The average molecular weight is 512 g/mol. The molecular weight excluding hydrogens is 491 g/mol. The van der Waals surface area contributed by atoms with Crippen LogP contribution in [-0.4, -0.2) is 21.6 Å². The van der Waals surface area contributed by atoms with Gasteiger partial charge in [0, 0.05) is 40.9 Å². The molecule has 3 aromatic carbocycles. The Hall–Kier alpha value is -4.85. The molecule has 0 aliphatic rings. The van der Waals surface area contributed by atoms with Crippen LogP contribution in [0.4, 0.5) is 13.2 Å². The van der Waals surface area contributed by atoms with E-state index in [2.05, 4.69) is 9.97 Å². The summed E-state index contributed by atoms with van der Waals surface area (Å²) in [5, 5.41) is 1.05. The minimum absolute atomic E-state index is 0.142. The lowest BCUT2D eigenvalue weighted by Gasteiger charge is -2.11. The number of benzene rings is 3. The zero-order valence-electron chi connectivity index (χ0n) is 20.4. The van der Waals surface area contributed by atoms with E-state index in [4.69, 9.17) is 9.47 Å². The molecule has 0 saturated carbocycles. The molecule has 0 radical (unpaired) electrons. The quantitative estimate of drug-likeness (QED) is 0.237. The number of ether oxygens (including phenoxy) is 2. The lowest BCUT2D eigenvalue weighted by Crippen LogP contribution is -1.98. The van der Waals surface area contributed by atoms with Gasteiger partial charge in [-0.25, -0.2) is 23.1 Å². The summed E-state index contributed by atoms with van der Waals surface area (Å²) >= 11 is 0. The number of hydrogen-bond acceptors (Lipinski definition) is 4. The van der Waals surface area contributed by atoms with Gasteiger partial charge in [0.1, 0.15) is 34.8 Å². The molecule has 6 aromatic rings. The van der Waals surface area contributed by atoms with Gasteiger partial charge in [-0.1, -0.05) is 0 Å². The van der Waals surface area contributed by atoms with Gasteiger partial charge in [0.15, 0.2) is 0 Å². The molecule has 0 N–H and O–H groups in total. The van der Waals surface area contributed by atoms with Crippen molar-refractivity contribution in [1.82, 2.24) is 14.5 Å². The predicted octanol–water partition coefficient (Wildman–Crippen LogP) is 7.77. The molecular formula is C30H20F3N3O2. The summed E-state index contributed by atoms with van der Waals surface area (Å²) in [6.07, 6.45) is 3.18. The third-order valence-corrected chi connectivity index (χ3v) is 6.29. The van der Waals surface area contributed by atoms with Crippen LogP contribution >= 0.6 is 0 Å². The number of fused-ring (bicyclic) bond motifs is 3. The largest absolute Gasteiger partial charge is 0.497 e. The fourth-order valence-corrected chi connectivity index (χ4v) is 4.59. The highest BCUT2D eigenvalue weighted by Crippen LogP contribution is 2.38. The topological polar surface area (TPSA) is 49.2 Å². The summed E-state index contributed by atoms with van der Waals surface area (Å²) in [4.78, 5) is 8.61. The zero-order valence-corrected chi connectivity index (χ0v) is 20.4. The van der Waals surface area contributed by atoms with Crippen molar-refractivity contribution < 1.29 is 22.6 Å². The van der Waals surface area contributed by atoms with Crippen molar-refractivity contribution in [3.63, 3.8) is 0 Å². The molecule has 0 amide bonds. The molecule has 0 saturated heterocycles. The van der Waals surface area contributed by atoms with Gasteiger partial charge >= 0.3 is 0 Å². The number of halogens is 3. The first-order chi connectivity index (χ1) is 18.4. The highest BCUT2D eigenvalue weighted by atomic mass is 19.1. The Morgan fingerprint density at radius 2 is 1.53 bits per heavy atom. The molecule has 188 valence electrons. The Labute approximate surface area is 215 Å². The van der Waals surface area contributed by atoms with E-state index in [9.17, 15) is 8.78 Å². The lowest BCUT2D eigenvalue weighted by molar-refractivity contribution is 0.404. The molecule has 6 rings (SSSR count). The summed E-state index contributed by atoms with van der Waals surface area (Å²) in [5.41, 5.74) is 2.66. The van der Waals surface area contributed by atoms with Crippen LogP contribution < -0.4 is 9.47 Å². The van der Waals surface area contributed by atoms with Gasteiger partial charge in [0.05, 0.1) is 18.1 Å². The molecule has 0 spiro atoms. The fraction of sp³-hybridized carbons (Fsp3) is 0.0667. The molecule has 0 atom stereocenters. The third-order valence-electron chi connectivity index (χ3n) is 6.29. The van der Waals surface area contributed by atoms with E-state index in [1.807, 2.05) is 23.6 Å². The van der Waals surface area contributed by atoms with E-state index >= 15 is 4.39 Å². The molecule has 0 fully saturated rings. The van der Waals surface area contributed by atoms with Crippen LogP contribution in [0.3, 0.4) is 0 Å². The number of hydrogen-bond donors (Lipinski definition) is 0. The normalized spacial score (nSPS) is 11.3. The van der Waals surface area contributed by atoms with Crippen molar-refractivity contribution in [2.45, 2.75) is 6.92 Å². The summed E-state index contributed by atoms with van der Waals surface area (Å²) in [6.45, 7) is 1.94. The zero-order chi connectivity index (χ0) is 26.4. The SMILES string of the molecule is COc1ccnc(Oc2cc(F)cc(-c3cc4c(cc3F)c3cc(F)ccc3n4-c3cc(C)ccn3)c2)c1. The maximum Gasteiger partial charge on any atom is 0.222 e. The van der Waals surface area contributed by atoms with Gasteiger partial charge in [-0.05, 0) is 78.7 Å². The molecule has 0 aliphatic heterocycles. The monoisotopic (exact) mass is 511 g/mol. The lowest BCUT2D eigenvalue weighted by atomic mass is 10.0. The first-order valence-electron chi connectivity index (χ1n) is 11.7. The van der Waals surface area contributed by atoms with Crippen LogP contribution in [0.1, 0.15) is 5.56 Å². The number of rotatable bonds is 5.